The van der Waals surface area contributed by atoms with Crippen LogP contribution in [0.4, 0.5) is 23.2 Å². The quantitative estimate of drug-likeness (QED) is 0.649. The molecule has 3 aromatic rings. The fourth-order valence-electron chi connectivity index (χ4n) is 2.64. The standard InChI is InChI=1S/C19H16F4N4O/c1-11(2)12-5-3-7-14(9-12)24-18(28)16-17(19(21,22)23)27(26-25-16)15-8-4-6-13(20)10-15/h3-11H,1-2H3,(H,24,28). The molecule has 0 spiro atoms. The van der Waals surface area contributed by atoms with Crippen LogP contribution in [0, 0.1) is 5.82 Å². The third-order valence-corrected chi connectivity index (χ3v) is 4.02. The molecule has 1 N–H and O–H groups in total. The van der Waals surface area contributed by atoms with Crippen molar-refractivity contribution in [1.29, 1.82) is 0 Å². The molecule has 2 aromatic carbocycles. The van der Waals surface area contributed by atoms with Crippen molar-refractivity contribution in [1.82, 2.24) is 15.0 Å². The van der Waals surface area contributed by atoms with Crippen molar-refractivity contribution in [3.8, 4) is 5.69 Å². The number of hydrogen-bond acceptors (Lipinski definition) is 3. The maximum absolute atomic E-state index is 13.6. The number of alkyl halides is 3. The van der Waals surface area contributed by atoms with E-state index < -0.39 is 29.3 Å². The number of hydrogen-bond donors (Lipinski definition) is 1. The molecular weight excluding hydrogens is 376 g/mol. The van der Waals surface area contributed by atoms with E-state index in [9.17, 15) is 22.4 Å². The Morgan fingerprint density at radius 3 is 2.46 bits per heavy atom. The van der Waals surface area contributed by atoms with Gasteiger partial charge in [-0.3, -0.25) is 4.79 Å². The minimum absolute atomic E-state index is 0.177. The predicted molar refractivity (Wildman–Crippen MR) is 94.8 cm³/mol. The zero-order valence-corrected chi connectivity index (χ0v) is 15.0. The van der Waals surface area contributed by atoms with E-state index in [1.54, 1.807) is 18.2 Å². The molecule has 1 amide bonds. The molecule has 0 aliphatic rings. The highest BCUT2D eigenvalue weighted by Gasteiger charge is 2.42. The lowest BCUT2D eigenvalue weighted by atomic mass is 10.0. The van der Waals surface area contributed by atoms with E-state index in [2.05, 4.69) is 15.6 Å². The molecule has 0 saturated carbocycles. The smallest absolute Gasteiger partial charge is 0.321 e. The number of carbonyl (C=O) groups excluding carboxylic acids is 1. The van der Waals surface area contributed by atoms with E-state index in [1.165, 1.54) is 12.1 Å². The highest BCUT2D eigenvalue weighted by atomic mass is 19.4. The number of benzene rings is 2. The van der Waals surface area contributed by atoms with Crippen LogP contribution in [0.25, 0.3) is 5.69 Å². The highest BCUT2D eigenvalue weighted by Crippen LogP contribution is 2.33. The van der Waals surface area contributed by atoms with Gasteiger partial charge in [0.2, 0.25) is 0 Å². The minimum Gasteiger partial charge on any atom is -0.321 e. The van der Waals surface area contributed by atoms with E-state index in [1.807, 2.05) is 19.9 Å². The van der Waals surface area contributed by atoms with Crippen LogP contribution < -0.4 is 5.32 Å². The zero-order valence-electron chi connectivity index (χ0n) is 15.0. The Kier molecular flexibility index (Phi) is 5.17. The van der Waals surface area contributed by atoms with Crippen LogP contribution in [-0.4, -0.2) is 20.9 Å². The van der Waals surface area contributed by atoms with E-state index in [4.69, 9.17) is 0 Å². The van der Waals surface area contributed by atoms with Gasteiger partial charge in [0, 0.05) is 5.69 Å². The molecule has 0 aliphatic carbocycles. The van der Waals surface area contributed by atoms with Crippen molar-refractivity contribution in [3.05, 3.63) is 71.3 Å². The molecule has 0 fully saturated rings. The average Bonchev–Trinajstić information content (AvgIpc) is 3.07. The van der Waals surface area contributed by atoms with Gasteiger partial charge in [0.05, 0.1) is 5.69 Å². The fraction of sp³-hybridized carbons (Fsp3) is 0.211. The van der Waals surface area contributed by atoms with Gasteiger partial charge in [-0.2, -0.15) is 13.2 Å². The largest absolute Gasteiger partial charge is 0.435 e. The lowest BCUT2D eigenvalue weighted by Crippen LogP contribution is -2.21. The summed E-state index contributed by atoms with van der Waals surface area (Å²) in [5, 5.41) is 9.24. The molecule has 28 heavy (non-hydrogen) atoms. The summed E-state index contributed by atoms with van der Waals surface area (Å²) in [7, 11) is 0. The number of aromatic nitrogens is 3. The van der Waals surface area contributed by atoms with E-state index in [0.29, 0.717) is 10.4 Å². The molecule has 1 heterocycles. The van der Waals surface area contributed by atoms with Crippen LogP contribution in [0.1, 0.15) is 41.5 Å². The molecular formula is C19H16F4N4O. The van der Waals surface area contributed by atoms with Crippen LogP contribution >= 0.6 is 0 Å². The normalized spacial score (nSPS) is 11.7. The average molecular weight is 392 g/mol. The van der Waals surface area contributed by atoms with Crippen molar-refractivity contribution in [3.63, 3.8) is 0 Å². The summed E-state index contributed by atoms with van der Waals surface area (Å²) in [5.74, 6) is -1.62. The van der Waals surface area contributed by atoms with Gasteiger partial charge in [0.15, 0.2) is 11.4 Å². The topological polar surface area (TPSA) is 59.8 Å². The summed E-state index contributed by atoms with van der Waals surface area (Å²) in [6, 6.07) is 11.2. The first-order valence-electron chi connectivity index (χ1n) is 8.37. The number of halogens is 4. The Balaban J connectivity index is 2.00. The Bertz CT molecular complexity index is 1010. The molecule has 0 radical (unpaired) electrons. The maximum Gasteiger partial charge on any atom is 0.435 e. The fourth-order valence-corrected chi connectivity index (χ4v) is 2.64. The predicted octanol–water partition coefficient (Wildman–Crippen LogP) is 4.80. The van der Waals surface area contributed by atoms with Gasteiger partial charge in [-0.25, -0.2) is 9.07 Å². The number of amides is 1. The van der Waals surface area contributed by atoms with Crippen LogP contribution in [0.3, 0.4) is 0 Å². The first-order chi connectivity index (χ1) is 13.2. The lowest BCUT2D eigenvalue weighted by Gasteiger charge is -2.12. The van der Waals surface area contributed by atoms with Crippen LogP contribution in [0.5, 0.6) is 0 Å². The Morgan fingerprint density at radius 1 is 1.11 bits per heavy atom. The van der Waals surface area contributed by atoms with Crippen molar-refractivity contribution < 1.29 is 22.4 Å². The number of carbonyl (C=O) groups is 1. The van der Waals surface area contributed by atoms with Crippen LogP contribution in [0.2, 0.25) is 0 Å². The number of anilines is 1. The highest BCUT2D eigenvalue weighted by molar-refractivity contribution is 6.03. The van der Waals surface area contributed by atoms with Crippen molar-refractivity contribution in [2.75, 3.05) is 5.32 Å². The SMILES string of the molecule is CC(C)c1cccc(NC(=O)c2nnn(-c3cccc(F)c3)c2C(F)(F)F)c1. The second-order valence-electron chi connectivity index (χ2n) is 6.41. The summed E-state index contributed by atoms with van der Waals surface area (Å²) in [5.41, 5.74) is -1.22. The number of rotatable bonds is 4. The molecule has 0 bridgehead atoms. The second-order valence-corrected chi connectivity index (χ2v) is 6.41. The Morgan fingerprint density at radius 2 is 1.82 bits per heavy atom. The number of nitrogens with one attached hydrogen (secondary N) is 1. The van der Waals surface area contributed by atoms with Gasteiger partial charge >= 0.3 is 6.18 Å². The Hall–Kier alpha value is -3.23. The third kappa shape index (κ3) is 4.03. The lowest BCUT2D eigenvalue weighted by molar-refractivity contribution is -0.143. The summed E-state index contributed by atoms with van der Waals surface area (Å²) >= 11 is 0. The van der Waals surface area contributed by atoms with Gasteiger partial charge in [-0.05, 0) is 41.8 Å². The minimum atomic E-state index is -4.93. The molecule has 0 atom stereocenters. The molecule has 0 unspecified atom stereocenters. The van der Waals surface area contributed by atoms with E-state index in [0.717, 1.165) is 17.7 Å². The van der Waals surface area contributed by atoms with Crippen molar-refractivity contribution in [2.45, 2.75) is 25.9 Å². The van der Waals surface area contributed by atoms with Crippen LogP contribution in [-0.2, 0) is 6.18 Å². The molecule has 9 heteroatoms. The first-order valence-corrected chi connectivity index (χ1v) is 8.37. The molecule has 5 nitrogen and oxygen atoms in total. The molecule has 0 aliphatic heterocycles. The third-order valence-electron chi connectivity index (χ3n) is 4.02. The van der Waals surface area contributed by atoms with Crippen LogP contribution in [0.15, 0.2) is 48.5 Å². The summed E-state index contributed by atoms with van der Waals surface area (Å²) in [6.45, 7) is 3.90. The van der Waals surface area contributed by atoms with Gasteiger partial charge in [0.25, 0.3) is 5.91 Å². The van der Waals surface area contributed by atoms with Gasteiger partial charge in [-0.15, -0.1) is 5.10 Å². The molecule has 1 aromatic heterocycles. The van der Waals surface area contributed by atoms with E-state index in [-0.39, 0.29) is 11.6 Å². The van der Waals surface area contributed by atoms with Gasteiger partial charge in [0.1, 0.15) is 5.82 Å². The van der Waals surface area contributed by atoms with Gasteiger partial charge in [-0.1, -0.05) is 37.3 Å². The van der Waals surface area contributed by atoms with Gasteiger partial charge < -0.3 is 5.32 Å². The summed E-state index contributed by atoms with van der Waals surface area (Å²) < 4.78 is 54.7. The van der Waals surface area contributed by atoms with Crippen molar-refractivity contribution >= 4 is 11.6 Å². The monoisotopic (exact) mass is 392 g/mol. The van der Waals surface area contributed by atoms with Crippen molar-refractivity contribution in [2.24, 2.45) is 0 Å². The molecule has 146 valence electrons. The number of nitrogens with zero attached hydrogens (tertiary/aromatic N) is 3. The zero-order chi connectivity index (χ0) is 20.5. The van der Waals surface area contributed by atoms with E-state index >= 15 is 0 Å². The maximum atomic E-state index is 13.6. The molecule has 0 saturated heterocycles. The Labute approximate surface area is 158 Å². The first kappa shape index (κ1) is 19.5. The summed E-state index contributed by atoms with van der Waals surface area (Å²) in [4.78, 5) is 12.5. The summed E-state index contributed by atoms with van der Waals surface area (Å²) in [6.07, 6.45) is -4.93. The second kappa shape index (κ2) is 7.41. The molecule has 3 rings (SSSR count).